The molecule has 2 N–H and O–H groups in total. The van der Waals surface area contributed by atoms with Crippen molar-refractivity contribution in [3.8, 4) is 5.75 Å². The minimum absolute atomic E-state index is 0.337. The molecule has 28 heavy (non-hydrogen) atoms. The summed E-state index contributed by atoms with van der Waals surface area (Å²) in [5.41, 5.74) is 0.704. The van der Waals surface area contributed by atoms with E-state index in [-0.39, 0.29) is 11.7 Å². The van der Waals surface area contributed by atoms with Gasteiger partial charge in [-0.25, -0.2) is 14.0 Å². The first-order chi connectivity index (χ1) is 13.3. The second kappa shape index (κ2) is 8.04. The molecule has 1 fully saturated rings. The summed E-state index contributed by atoms with van der Waals surface area (Å²) in [6.45, 7) is 1.68. The Morgan fingerprint density at radius 3 is 2.39 bits per heavy atom. The third kappa shape index (κ3) is 4.82. The summed E-state index contributed by atoms with van der Waals surface area (Å²) in [6.07, 6.45) is 3.83. The maximum Gasteiger partial charge on any atom is 0.336 e. The summed E-state index contributed by atoms with van der Waals surface area (Å²) in [5.74, 6) is -0.841. The lowest BCUT2D eigenvalue weighted by Gasteiger charge is -2.20. The van der Waals surface area contributed by atoms with Crippen molar-refractivity contribution in [3.63, 3.8) is 0 Å². The number of nitrogens with one attached hydrogen (secondary N) is 2. The zero-order valence-corrected chi connectivity index (χ0v) is 15.2. The summed E-state index contributed by atoms with van der Waals surface area (Å²) < 4.78 is 18.1. The van der Waals surface area contributed by atoms with Crippen LogP contribution < -0.4 is 15.4 Å². The predicted molar refractivity (Wildman–Crippen MR) is 101 cm³/mol. The van der Waals surface area contributed by atoms with Crippen LogP contribution in [-0.4, -0.2) is 23.4 Å². The van der Waals surface area contributed by atoms with Crippen LogP contribution in [0.2, 0.25) is 0 Å². The molecular formula is C21H19FN2O4. The first kappa shape index (κ1) is 19.3. The molecule has 0 aromatic heterocycles. The van der Waals surface area contributed by atoms with Crippen LogP contribution >= 0.6 is 0 Å². The Bertz CT molecular complexity index is 922. The van der Waals surface area contributed by atoms with Crippen LogP contribution in [0, 0.1) is 5.82 Å². The normalized spacial score (nSPS) is 18.8. The summed E-state index contributed by atoms with van der Waals surface area (Å²) in [7, 11) is 0. The maximum absolute atomic E-state index is 12.9. The predicted octanol–water partition coefficient (Wildman–Crippen LogP) is 2.98. The molecule has 7 heteroatoms. The molecule has 0 radical (unpaired) electrons. The van der Waals surface area contributed by atoms with E-state index in [1.165, 1.54) is 24.3 Å². The van der Waals surface area contributed by atoms with E-state index in [9.17, 15) is 18.8 Å². The molecule has 1 atom stereocenters. The Balaban J connectivity index is 1.52. The lowest BCUT2D eigenvalue weighted by Crippen LogP contribution is -2.43. The summed E-state index contributed by atoms with van der Waals surface area (Å²) >= 11 is 0. The number of carbonyl (C=O) groups is 3. The summed E-state index contributed by atoms with van der Waals surface area (Å²) in [6, 6.07) is 12.2. The number of imide groups is 1. The summed E-state index contributed by atoms with van der Waals surface area (Å²) in [5, 5.41) is 4.85. The second-order valence-electron chi connectivity index (χ2n) is 6.69. The molecule has 144 valence electrons. The number of hydrogen-bond donors (Lipinski definition) is 2. The number of aryl methyl sites for hydroxylation is 1. The molecule has 0 saturated carbocycles. The lowest BCUT2D eigenvalue weighted by atomic mass is 9.93. The molecule has 0 spiro atoms. The highest BCUT2D eigenvalue weighted by Crippen LogP contribution is 2.20. The molecular weight excluding hydrogens is 363 g/mol. The number of rotatable bonds is 6. The molecule has 2 aromatic rings. The third-order valence-corrected chi connectivity index (χ3v) is 4.45. The monoisotopic (exact) mass is 382 g/mol. The highest BCUT2D eigenvalue weighted by atomic mass is 19.1. The number of urea groups is 1. The Hall–Kier alpha value is -3.48. The molecule has 3 amide bonds. The highest BCUT2D eigenvalue weighted by Gasteiger charge is 2.41. The number of amides is 3. The Morgan fingerprint density at radius 2 is 1.79 bits per heavy atom. The van der Waals surface area contributed by atoms with Gasteiger partial charge in [0.1, 0.15) is 17.1 Å². The van der Waals surface area contributed by atoms with Gasteiger partial charge in [-0.1, -0.05) is 24.3 Å². The molecule has 2 aromatic carbocycles. The van der Waals surface area contributed by atoms with Crippen molar-refractivity contribution in [2.75, 3.05) is 0 Å². The quantitative estimate of drug-likeness (QED) is 0.348. The van der Waals surface area contributed by atoms with Gasteiger partial charge in [-0.05, 0) is 61.2 Å². The van der Waals surface area contributed by atoms with Crippen LogP contribution in [0.4, 0.5) is 9.18 Å². The van der Waals surface area contributed by atoms with Gasteiger partial charge in [0.25, 0.3) is 5.91 Å². The van der Waals surface area contributed by atoms with Gasteiger partial charge in [0.15, 0.2) is 0 Å². The van der Waals surface area contributed by atoms with Gasteiger partial charge in [0.2, 0.25) is 0 Å². The van der Waals surface area contributed by atoms with E-state index in [1.807, 2.05) is 0 Å². The van der Waals surface area contributed by atoms with E-state index >= 15 is 0 Å². The first-order valence-electron chi connectivity index (χ1n) is 8.72. The van der Waals surface area contributed by atoms with Gasteiger partial charge in [0, 0.05) is 6.08 Å². The van der Waals surface area contributed by atoms with Crippen LogP contribution in [-0.2, 0) is 16.0 Å². The highest BCUT2D eigenvalue weighted by molar-refractivity contribution is 6.06. The zero-order chi connectivity index (χ0) is 20.1. The zero-order valence-electron chi connectivity index (χ0n) is 15.2. The minimum atomic E-state index is -0.923. The van der Waals surface area contributed by atoms with Crippen LogP contribution in [0.25, 0.3) is 6.08 Å². The van der Waals surface area contributed by atoms with Crippen molar-refractivity contribution in [1.82, 2.24) is 10.6 Å². The number of benzene rings is 2. The first-order valence-corrected chi connectivity index (χ1v) is 8.72. The van der Waals surface area contributed by atoms with E-state index in [0.717, 1.165) is 5.56 Å². The van der Waals surface area contributed by atoms with Crippen molar-refractivity contribution < 1.29 is 23.5 Å². The lowest BCUT2D eigenvalue weighted by molar-refractivity contribution is -0.129. The maximum atomic E-state index is 12.9. The van der Waals surface area contributed by atoms with Gasteiger partial charge in [-0.2, -0.15) is 0 Å². The van der Waals surface area contributed by atoms with Gasteiger partial charge >= 0.3 is 12.0 Å². The Kier molecular flexibility index (Phi) is 5.54. The number of esters is 1. The number of carbonyl (C=O) groups excluding carboxylic acids is 3. The summed E-state index contributed by atoms with van der Waals surface area (Å²) in [4.78, 5) is 35.0. The SMILES string of the molecule is C[C@]1(CCc2ccc(OC(=O)/C=C/c3ccc(F)cc3)cc2)NC(=O)NC1=O. The molecule has 1 heterocycles. The fourth-order valence-corrected chi connectivity index (χ4v) is 2.76. The smallest absolute Gasteiger partial charge is 0.336 e. The minimum Gasteiger partial charge on any atom is -0.423 e. The molecule has 3 rings (SSSR count). The Labute approximate surface area is 161 Å². The molecule has 1 aliphatic rings. The average Bonchev–Trinajstić information content (AvgIpc) is 2.93. The molecule has 1 aliphatic heterocycles. The largest absolute Gasteiger partial charge is 0.423 e. The van der Waals surface area contributed by atoms with E-state index in [0.29, 0.717) is 24.2 Å². The molecule has 0 bridgehead atoms. The fourth-order valence-electron chi connectivity index (χ4n) is 2.76. The molecule has 0 aliphatic carbocycles. The van der Waals surface area contributed by atoms with Crippen LogP contribution in [0.1, 0.15) is 24.5 Å². The Morgan fingerprint density at radius 1 is 1.11 bits per heavy atom. The topological polar surface area (TPSA) is 84.5 Å². The van der Waals surface area contributed by atoms with Crippen molar-refractivity contribution in [2.45, 2.75) is 25.3 Å². The average molecular weight is 382 g/mol. The van der Waals surface area contributed by atoms with Gasteiger partial charge < -0.3 is 10.1 Å². The second-order valence-corrected chi connectivity index (χ2v) is 6.69. The van der Waals surface area contributed by atoms with Crippen molar-refractivity contribution in [3.05, 3.63) is 71.6 Å². The number of hydrogen-bond acceptors (Lipinski definition) is 4. The van der Waals surface area contributed by atoms with E-state index in [2.05, 4.69) is 10.6 Å². The standard InChI is InChI=1S/C21H19FN2O4/c1-21(19(26)23-20(27)24-21)13-12-15-4-9-17(10-5-15)28-18(25)11-6-14-2-7-16(22)8-3-14/h2-11H,12-13H2,1H3,(H2,23,24,26,27)/b11-6+/t21-/m1/s1. The van der Waals surface area contributed by atoms with Gasteiger partial charge in [0.05, 0.1) is 0 Å². The fraction of sp³-hybridized carbons (Fsp3) is 0.190. The van der Waals surface area contributed by atoms with E-state index in [1.54, 1.807) is 43.3 Å². The van der Waals surface area contributed by atoms with E-state index in [4.69, 9.17) is 4.74 Å². The number of ether oxygens (including phenoxy) is 1. The third-order valence-electron chi connectivity index (χ3n) is 4.45. The molecule has 6 nitrogen and oxygen atoms in total. The van der Waals surface area contributed by atoms with Crippen molar-refractivity contribution >= 4 is 24.0 Å². The number of halogens is 1. The van der Waals surface area contributed by atoms with Crippen LogP contribution in [0.5, 0.6) is 5.75 Å². The van der Waals surface area contributed by atoms with Crippen molar-refractivity contribution in [1.29, 1.82) is 0 Å². The molecule has 1 saturated heterocycles. The van der Waals surface area contributed by atoms with Crippen molar-refractivity contribution in [2.24, 2.45) is 0 Å². The van der Waals surface area contributed by atoms with E-state index < -0.39 is 17.5 Å². The van der Waals surface area contributed by atoms with Crippen LogP contribution in [0.15, 0.2) is 54.6 Å². The van der Waals surface area contributed by atoms with Gasteiger partial charge in [-0.3, -0.25) is 10.1 Å². The van der Waals surface area contributed by atoms with Crippen LogP contribution in [0.3, 0.4) is 0 Å². The molecule has 0 unspecified atom stereocenters. The van der Waals surface area contributed by atoms with Gasteiger partial charge in [-0.15, -0.1) is 0 Å².